The Morgan fingerprint density at radius 2 is 1.89 bits per heavy atom. The molecular weight excluding hydrogens is 345 g/mol. The number of carbonyl (C=O) groups is 2. The number of aromatic nitrogens is 1. The van der Waals surface area contributed by atoms with Crippen molar-refractivity contribution in [3.05, 3.63) is 65.2 Å². The van der Waals surface area contributed by atoms with Crippen LogP contribution >= 0.6 is 0 Å². The van der Waals surface area contributed by atoms with E-state index in [1.54, 1.807) is 24.3 Å². The molecule has 0 spiro atoms. The van der Waals surface area contributed by atoms with Crippen molar-refractivity contribution in [3.8, 4) is 0 Å². The molecule has 27 heavy (non-hydrogen) atoms. The fraction of sp³-hybridized carbons (Fsp3) is 0.381. The van der Waals surface area contributed by atoms with Gasteiger partial charge in [0.15, 0.2) is 0 Å². The van der Waals surface area contributed by atoms with Crippen molar-refractivity contribution < 1.29 is 14.0 Å². The SMILES string of the molecule is CC1CCN(C(=O)c2cncc(C(=O)NCCc3ccccc3F)c2)CC1. The van der Waals surface area contributed by atoms with Crippen molar-refractivity contribution in [2.45, 2.75) is 26.2 Å². The second-order valence-corrected chi connectivity index (χ2v) is 7.03. The molecule has 1 N–H and O–H groups in total. The zero-order chi connectivity index (χ0) is 19.2. The highest BCUT2D eigenvalue weighted by atomic mass is 19.1. The Balaban J connectivity index is 1.58. The van der Waals surface area contributed by atoms with E-state index in [1.165, 1.54) is 18.5 Å². The summed E-state index contributed by atoms with van der Waals surface area (Å²) in [6, 6.07) is 8.07. The normalized spacial score (nSPS) is 14.8. The largest absolute Gasteiger partial charge is 0.352 e. The van der Waals surface area contributed by atoms with Gasteiger partial charge < -0.3 is 10.2 Å². The van der Waals surface area contributed by atoms with E-state index in [4.69, 9.17) is 0 Å². The predicted molar refractivity (Wildman–Crippen MR) is 101 cm³/mol. The van der Waals surface area contributed by atoms with Gasteiger partial charge >= 0.3 is 0 Å². The second kappa shape index (κ2) is 8.75. The molecule has 3 rings (SSSR count). The fourth-order valence-electron chi connectivity index (χ4n) is 3.19. The number of rotatable bonds is 5. The summed E-state index contributed by atoms with van der Waals surface area (Å²) in [5, 5.41) is 2.76. The van der Waals surface area contributed by atoms with Crippen LogP contribution in [0.1, 0.15) is 46.0 Å². The lowest BCUT2D eigenvalue weighted by Crippen LogP contribution is -2.38. The lowest BCUT2D eigenvalue weighted by atomic mass is 9.98. The smallest absolute Gasteiger partial charge is 0.255 e. The minimum Gasteiger partial charge on any atom is -0.352 e. The van der Waals surface area contributed by atoms with E-state index in [0.29, 0.717) is 35.6 Å². The first-order valence-corrected chi connectivity index (χ1v) is 9.30. The van der Waals surface area contributed by atoms with Gasteiger partial charge in [0, 0.05) is 32.0 Å². The molecule has 1 aliphatic rings. The van der Waals surface area contributed by atoms with Crippen molar-refractivity contribution in [3.63, 3.8) is 0 Å². The van der Waals surface area contributed by atoms with E-state index in [-0.39, 0.29) is 17.6 Å². The average molecular weight is 369 g/mol. The van der Waals surface area contributed by atoms with E-state index in [9.17, 15) is 14.0 Å². The predicted octanol–water partition coefficient (Wildman–Crippen LogP) is 3.07. The number of halogens is 1. The molecule has 6 heteroatoms. The number of piperidine rings is 1. The zero-order valence-corrected chi connectivity index (χ0v) is 15.5. The first kappa shape index (κ1) is 19.0. The Morgan fingerprint density at radius 3 is 2.63 bits per heavy atom. The third kappa shape index (κ3) is 4.90. The third-order valence-corrected chi connectivity index (χ3v) is 4.96. The van der Waals surface area contributed by atoms with Gasteiger partial charge in [-0.2, -0.15) is 0 Å². The monoisotopic (exact) mass is 369 g/mol. The van der Waals surface area contributed by atoms with Crippen LogP contribution in [0.3, 0.4) is 0 Å². The lowest BCUT2D eigenvalue weighted by Gasteiger charge is -2.30. The number of pyridine rings is 1. The molecule has 0 saturated carbocycles. The quantitative estimate of drug-likeness (QED) is 0.881. The molecule has 0 unspecified atom stereocenters. The van der Waals surface area contributed by atoms with Gasteiger partial charge in [-0.3, -0.25) is 14.6 Å². The standard InChI is InChI=1S/C21H24FN3O2/c1-15-7-10-25(11-8-15)21(27)18-12-17(13-23-14-18)20(26)24-9-6-16-4-2-3-5-19(16)22/h2-5,12-15H,6-11H2,1H3,(H,24,26). The van der Waals surface area contributed by atoms with E-state index in [2.05, 4.69) is 17.2 Å². The highest BCUT2D eigenvalue weighted by molar-refractivity contribution is 5.99. The van der Waals surface area contributed by atoms with Gasteiger partial charge in [0.25, 0.3) is 11.8 Å². The molecule has 5 nitrogen and oxygen atoms in total. The maximum absolute atomic E-state index is 13.6. The van der Waals surface area contributed by atoms with Crippen LogP contribution in [0.25, 0.3) is 0 Å². The van der Waals surface area contributed by atoms with Gasteiger partial charge in [0.2, 0.25) is 0 Å². The van der Waals surface area contributed by atoms with Gasteiger partial charge in [0.05, 0.1) is 11.1 Å². The number of hydrogen-bond acceptors (Lipinski definition) is 3. The maximum atomic E-state index is 13.6. The second-order valence-electron chi connectivity index (χ2n) is 7.03. The summed E-state index contributed by atoms with van der Waals surface area (Å²) < 4.78 is 13.6. The van der Waals surface area contributed by atoms with E-state index in [1.807, 2.05) is 4.90 Å². The Labute approximate surface area is 158 Å². The highest BCUT2D eigenvalue weighted by Crippen LogP contribution is 2.18. The minimum absolute atomic E-state index is 0.0876. The minimum atomic E-state index is -0.319. The molecule has 2 heterocycles. The number of hydrogen-bond donors (Lipinski definition) is 1. The molecule has 0 atom stereocenters. The molecule has 2 amide bonds. The Hall–Kier alpha value is -2.76. The number of benzene rings is 1. The molecule has 142 valence electrons. The molecule has 1 fully saturated rings. The molecule has 1 aromatic carbocycles. The van der Waals surface area contributed by atoms with Crippen LogP contribution in [-0.2, 0) is 6.42 Å². The van der Waals surface area contributed by atoms with Crippen LogP contribution in [0, 0.1) is 11.7 Å². The molecule has 1 aromatic heterocycles. The number of carbonyl (C=O) groups excluding carboxylic acids is 2. The van der Waals surface area contributed by atoms with Crippen molar-refractivity contribution >= 4 is 11.8 Å². The number of amides is 2. The Bertz CT molecular complexity index is 817. The summed E-state index contributed by atoms with van der Waals surface area (Å²) in [4.78, 5) is 30.8. The third-order valence-electron chi connectivity index (χ3n) is 4.96. The molecule has 0 bridgehead atoms. The first-order chi connectivity index (χ1) is 13.0. The molecule has 1 aliphatic heterocycles. The number of nitrogens with zero attached hydrogens (tertiary/aromatic N) is 2. The van der Waals surface area contributed by atoms with Crippen molar-refractivity contribution in [1.82, 2.24) is 15.2 Å². The van der Waals surface area contributed by atoms with Crippen molar-refractivity contribution in [2.24, 2.45) is 5.92 Å². The molecular formula is C21H24FN3O2. The highest BCUT2D eigenvalue weighted by Gasteiger charge is 2.22. The van der Waals surface area contributed by atoms with E-state index >= 15 is 0 Å². The molecule has 0 aliphatic carbocycles. The van der Waals surface area contributed by atoms with Crippen LogP contribution in [0.15, 0.2) is 42.7 Å². The number of nitrogens with one attached hydrogen (secondary N) is 1. The van der Waals surface area contributed by atoms with E-state index < -0.39 is 0 Å². The van der Waals surface area contributed by atoms with Gasteiger partial charge in [-0.05, 0) is 42.9 Å². The summed E-state index contributed by atoms with van der Waals surface area (Å²) in [6.07, 6.45) is 5.32. The summed E-state index contributed by atoms with van der Waals surface area (Å²) >= 11 is 0. The lowest BCUT2D eigenvalue weighted by molar-refractivity contribution is 0.0697. The van der Waals surface area contributed by atoms with Gasteiger partial charge in [0.1, 0.15) is 5.82 Å². The van der Waals surface area contributed by atoms with Crippen LogP contribution in [0.5, 0.6) is 0 Å². The van der Waals surface area contributed by atoms with Gasteiger partial charge in [-0.25, -0.2) is 4.39 Å². The Morgan fingerprint density at radius 1 is 1.19 bits per heavy atom. The summed E-state index contributed by atoms with van der Waals surface area (Å²) in [6.45, 7) is 3.97. The topological polar surface area (TPSA) is 62.3 Å². The van der Waals surface area contributed by atoms with Gasteiger partial charge in [-0.15, -0.1) is 0 Å². The Kier molecular flexibility index (Phi) is 6.16. The van der Waals surface area contributed by atoms with Crippen molar-refractivity contribution in [1.29, 1.82) is 0 Å². The summed E-state index contributed by atoms with van der Waals surface area (Å²) in [5.41, 5.74) is 1.31. The van der Waals surface area contributed by atoms with Crippen LogP contribution in [0.2, 0.25) is 0 Å². The molecule has 1 saturated heterocycles. The maximum Gasteiger partial charge on any atom is 0.255 e. The van der Waals surface area contributed by atoms with Crippen LogP contribution in [-0.4, -0.2) is 41.3 Å². The first-order valence-electron chi connectivity index (χ1n) is 9.30. The zero-order valence-electron chi connectivity index (χ0n) is 15.5. The number of likely N-dealkylation sites (tertiary alicyclic amines) is 1. The average Bonchev–Trinajstić information content (AvgIpc) is 2.69. The molecule has 0 radical (unpaired) electrons. The van der Waals surface area contributed by atoms with Crippen LogP contribution in [0.4, 0.5) is 4.39 Å². The summed E-state index contributed by atoms with van der Waals surface area (Å²) in [7, 11) is 0. The fourth-order valence-corrected chi connectivity index (χ4v) is 3.19. The molecule has 2 aromatic rings. The van der Waals surface area contributed by atoms with Crippen LogP contribution < -0.4 is 5.32 Å². The van der Waals surface area contributed by atoms with Gasteiger partial charge in [-0.1, -0.05) is 25.1 Å². The summed E-state index contributed by atoms with van der Waals surface area (Å²) in [5.74, 6) is -0.0493. The van der Waals surface area contributed by atoms with E-state index in [0.717, 1.165) is 25.9 Å². The van der Waals surface area contributed by atoms with Crippen molar-refractivity contribution in [2.75, 3.05) is 19.6 Å².